The Bertz CT molecular complexity index is 310. The molecule has 20 heavy (non-hydrogen) atoms. The lowest BCUT2D eigenvalue weighted by Gasteiger charge is -2.24. The third kappa shape index (κ3) is 6.40. The molecule has 0 fully saturated rings. The van der Waals surface area contributed by atoms with Crippen LogP contribution in [-0.2, 0) is 0 Å². The van der Waals surface area contributed by atoms with Crippen LogP contribution in [0.2, 0.25) is 0 Å². The van der Waals surface area contributed by atoms with E-state index in [1.54, 1.807) is 0 Å². The van der Waals surface area contributed by atoms with Crippen molar-refractivity contribution in [3.8, 4) is 0 Å². The maximum Gasteiger partial charge on any atom is 0.0596 e. The fraction of sp³-hybridized carbons (Fsp3) is 0.875. The summed E-state index contributed by atoms with van der Waals surface area (Å²) in [5.74, 6) is 0. The monoisotopic (exact) mass is 284 g/mol. The van der Waals surface area contributed by atoms with E-state index >= 15 is 0 Å². The fourth-order valence-corrected chi connectivity index (χ4v) is 2.12. The minimum Gasteiger partial charge on any atom is -0.411 e. The summed E-state index contributed by atoms with van der Waals surface area (Å²) in [5, 5.41) is 24.3. The third-order valence-electron chi connectivity index (χ3n) is 4.61. The molecule has 2 N–H and O–H groups in total. The van der Waals surface area contributed by atoms with E-state index in [2.05, 4.69) is 38.0 Å². The molecule has 0 amide bonds. The van der Waals surface area contributed by atoms with Gasteiger partial charge in [0.05, 0.1) is 11.4 Å². The number of hydrogen-bond acceptors (Lipinski definition) is 4. The lowest BCUT2D eigenvalue weighted by Crippen LogP contribution is -2.22. The van der Waals surface area contributed by atoms with Crippen LogP contribution < -0.4 is 0 Å². The quantitative estimate of drug-likeness (QED) is 0.268. The average Bonchev–Trinajstić information content (AvgIpc) is 2.40. The zero-order valence-corrected chi connectivity index (χ0v) is 14.0. The molecule has 4 nitrogen and oxygen atoms in total. The highest BCUT2D eigenvalue weighted by atomic mass is 16.4. The molecule has 0 unspecified atom stereocenters. The van der Waals surface area contributed by atoms with E-state index in [1.807, 2.05) is 13.8 Å². The van der Waals surface area contributed by atoms with E-state index in [-0.39, 0.29) is 10.8 Å². The first-order valence-electron chi connectivity index (χ1n) is 7.55. The minimum atomic E-state index is -0.0197. The van der Waals surface area contributed by atoms with Gasteiger partial charge in [0, 0.05) is 10.8 Å². The first-order valence-corrected chi connectivity index (χ1v) is 7.55. The minimum absolute atomic E-state index is 0.0197. The van der Waals surface area contributed by atoms with E-state index in [1.165, 1.54) is 12.8 Å². The predicted molar refractivity (Wildman–Crippen MR) is 85.1 cm³/mol. The van der Waals surface area contributed by atoms with Gasteiger partial charge in [0.1, 0.15) is 0 Å². The van der Waals surface area contributed by atoms with Crippen LogP contribution in [-0.4, -0.2) is 21.8 Å². The van der Waals surface area contributed by atoms with Crippen molar-refractivity contribution in [2.24, 2.45) is 21.1 Å². The molecule has 0 aromatic heterocycles. The first kappa shape index (κ1) is 18.9. The van der Waals surface area contributed by atoms with E-state index in [0.717, 1.165) is 37.1 Å². The summed E-state index contributed by atoms with van der Waals surface area (Å²) < 4.78 is 0. The molecule has 0 bridgehead atoms. The van der Waals surface area contributed by atoms with Crippen LogP contribution in [0.1, 0.15) is 80.1 Å². The van der Waals surface area contributed by atoms with Gasteiger partial charge >= 0.3 is 0 Å². The maximum atomic E-state index is 8.83. The first-order chi connectivity index (χ1) is 9.17. The summed E-state index contributed by atoms with van der Waals surface area (Å²) in [4.78, 5) is 0. The van der Waals surface area contributed by atoms with Crippen LogP contribution in [0.3, 0.4) is 0 Å². The molecular formula is C16H32N2O2. The van der Waals surface area contributed by atoms with Gasteiger partial charge in [-0.25, -0.2) is 0 Å². The van der Waals surface area contributed by atoms with E-state index in [9.17, 15) is 0 Å². The lowest BCUT2D eigenvalue weighted by atomic mass is 9.81. The van der Waals surface area contributed by atoms with Crippen LogP contribution in [0.25, 0.3) is 0 Å². The maximum absolute atomic E-state index is 8.83. The van der Waals surface area contributed by atoms with Crippen molar-refractivity contribution in [1.82, 2.24) is 0 Å². The van der Waals surface area contributed by atoms with Gasteiger partial charge in [-0.3, -0.25) is 0 Å². The lowest BCUT2D eigenvalue weighted by molar-refractivity contribution is 0.302. The Morgan fingerprint density at radius 3 is 1.25 bits per heavy atom. The van der Waals surface area contributed by atoms with Gasteiger partial charge < -0.3 is 10.4 Å². The van der Waals surface area contributed by atoms with Crippen molar-refractivity contribution in [2.75, 3.05) is 0 Å². The Balaban J connectivity index is 3.90. The second kappa shape index (κ2) is 8.28. The molecule has 0 rings (SSSR count). The summed E-state index contributed by atoms with van der Waals surface area (Å²) in [7, 11) is 0. The Hall–Kier alpha value is -1.06. The van der Waals surface area contributed by atoms with Gasteiger partial charge in [-0.1, -0.05) is 63.7 Å². The molecule has 0 aromatic rings. The van der Waals surface area contributed by atoms with Gasteiger partial charge in [0.2, 0.25) is 0 Å². The van der Waals surface area contributed by atoms with Gasteiger partial charge in [0.25, 0.3) is 0 Å². The zero-order chi connectivity index (χ0) is 15.8. The molecule has 0 aliphatic heterocycles. The summed E-state index contributed by atoms with van der Waals surface area (Å²) in [6, 6.07) is 0. The van der Waals surface area contributed by atoms with Crippen molar-refractivity contribution in [2.45, 2.75) is 80.1 Å². The largest absolute Gasteiger partial charge is 0.411 e. The summed E-state index contributed by atoms with van der Waals surface area (Å²) in [5.41, 5.74) is 1.56. The molecule has 0 saturated carbocycles. The molecule has 0 aromatic carbocycles. The van der Waals surface area contributed by atoms with E-state index in [4.69, 9.17) is 10.4 Å². The summed E-state index contributed by atoms with van der Waals surface area (Å²) >= 11 is 0. The normalized spacial score (nSPS) is 14.7. The summed E-state index contributed by atoms with van der Waals surface area (Å²) in [6.45, 7) is 12.2. The van der Waals surface area contributed by atoms with Crippen LogP contribution >= 0.6 is 0 Å². The Morgan fingerprint density at radius 1 is 0.700 bits per heavy atom. The van der Waals surface area contributed by atoms with Gasteiger partial charge in [-0.15, -0.1) is 0 Å². The van der Waals surface area contributed by atoms with Crippen LogP contribution in [0.5, 0.6) is 0 Å². The van der Waals surface area contributed by atoms with Crippen LogP contribution in [0.4, 0.5) is 0 Å². The molecule has 0 aliphatic carbocycles. The second-order valence-corrected chi connectivity index (χ2v) is 7.05. The standard InChI is InChI=1S/C16H32N2O2/c1-13(17-19)15(3,4)11-9-7-8-10-12-16(5,6)14(2)18-20/h19-20H,7-12H2,1-6H3. The molecular weight excluding hydrogens is 252 g/mol. The molecule has 0 aliphatic rings. The van der Waals surface area contributed by atoms with E-state index < -0.39 is 0 Å². The molecule has 0 saturated heterocycles. The van der Waals surface area contributed by atoms with Gasteiger partial charge in [0.15, 0.2) is 0 Å². The van der Waals surface area contributed by atoms with Crippen LogP contribution in [0, 0.1) is 10.8 Å². The summed E-state index contributed by atoms with van der Waals surface area (Å²) in [6.07, 6.45) is 6.76. The number of rotatable bonds is 9. The Labute approximate surface area is 124 Å². The van der Waals surface area contributed by atoms with Crippen molar-refractivity contribution in [3.05, 3.63) is 0 Å². The zero-order valence-electron chi connectivity index (χ0n) is 14.0. The number of oxime groups is 2. The highest BCUT2D eigenvalue weighted by molar-refractivity contribution is 5.87. The van der Waals surface area contributed by atoms with Crippen molar-refractivity contribution >= 4 is 11.4 Å². The number of hydrogen-bond donors (Lipinski definition) is 2. The molecule has 0 radical (unpaired) electrons. The van der Waals surface area contributed by atoms with Crippen molar-refractivity contribution in [3.63, 3.8) is 0 Å². The molecule has 4 heteroatoms. The molecule has 0 atom stereocenters. The highest BCUT2D eigenvalue weighted by Gasteiger charge is 2.23. The van der Waals surface area contributed by atoms with Crippen LogP contribution in [0.15, 0.2) is 10.3 Å². The number of unbranched alkanes of at least 4 members (excludes halogenated alkanes) is 3. The van der Waals surface area contributed by atoms with Crippen molar-refractivity contribution < 1.29 is 10.4 Å². The Morgan fingerprint density at radius 2 is 1.00 bits per heavy atom. The predicted octanol–water partition coefficient (Wildman–Crippen LogP) is 5.08. The average molecular weight is 284 g/mol. The Kier molecular flexibility index (Phi) is 7.84. The fourth-order valence-electron chi connectivity index (χ4n) is 2.12. The second-order valence-electron chi connectivity index (χ2n) is 7.05. The SMILES string of the molecule is CC(=NO)C(C)(C)CCCCCCC(C)(C)C(C)=NO. The van der Waals surface area contributed by atoms with E-state index in [0.29, 0.717) is 0 Å². The topological polar surface area (TPSA) is 65.2 Å². The number of nitrogens with zero attached hydrogens (tertiary/aromatic N) is 2. The van der Waals surface area contributed by atoms with Gasteiger partial charge in [-0.2, -0.15) is 0 Å². The molecule has 0 heterocycles. The smallest absolute Gasteiger partial charge is 0.0596 e. The molecule has 0 spiro atoms. The van der Waals surface area contributed by atoms with Crippen molar-refractivity contribution in [1.29, 1.82) is 0 Å². The third-order valence-corrected chi connectivity index (χ3v) is 4.61. The van der Waals surface area contributed by atoms with Gasteiger partial charge in [-0.05, 0) is 26.7 Å². The highest BCUT2D eigenvalue weighted by Crippen LogP contribution is 2.28. The molecule has 118 valence electrons.